The Morgan fingerprint density at radius 3 is 2.47 bits per heavy atom. The summed E-state index contributed by atoms with van der Waals surface area (Å²) in [5.74, 6) is 0.876. The van der Waals surface area contributed by atoms with Gasteiger partial charge in [-0.15, -0.1) is 0 Å². The van der Waals surface area contributed by atoms with Gasteiger partial charge in [-0.1, -0.05) is 25.7 Å². The van der Waals surface area contributed by atoms with Crippen molar-refractivity contribution in [2.24, 2.45) is 5.92 Å². The van der Waals surface area contributed by atoms with Crippen LogP contribution < -0.4 is 5.32 Å². The van der Waals surface area contributed by atoms with Gasteiger partial charge in [-0.3, -0.25) is 10.1 Å². The molecular formula is C13H18N2O2. The van der Waals surface area contributed by atoms with Gasteiger partial charge in [0.05, 0.1) is 4.92 Å². The lowest BCUT2D eigenvalue weighted by Crippen LogP contribution is -2.06. The third-order valence-corrected chi connectivity index (χ3v) is 3.43. The molecule has 1 fully saturated rings. The summed E-state index contributed by atoms with van der Waals surface area (Å²) in [5.41, 5.74) is 1.11. The van der Waals surface area contributed by atoms with E-state index in [1.165, 1.54) is 44.2 Å². The molecule has 92 valence electrons. The Kier molecular flexibility index (Phi) is 3.96. The molecule has 0 amide bonds. The predicted molar refractivity (Wildman–Crippen MR) is 68.2 cm³/mol. The Morgan fingerprint density at radius 1 is 1.24 bits per heavy atom. The first-order chi connectivity index (χ1) is 8.25. The summed E-state index contributed by atoms with van der Waals surface area (Å²) in [6.45, 7) is 0.961. The molecule has 1 aromatic carbocycles. The van der Waals surface area contributed by atoms with Crippen molar-refractivity contribution in [3.05, 3.63) is 34.4 Å². The maximum absolute atomic E-state index is 10.5. The lowest BCUT2D eigenvalue weighted by Gasteiger charge is -2.10. The van der Waals surface area contributed by atoms with Crippen LogP contribution in [0.1, 0.15) is 32.1 Å². The average Bonchev–Trinajstić information content (AvgIpc) is 2.83. The van der Waals surface area contributed by atoms with E-state index in [4.69, 9.17) is 0 Å². The first-order valence-corrected chi connectivity index (χ1v) is 6.24. The van der Waals surface area contributed by atoms with Crippen LogP contribution >= 0.6 is 0 Å². The van der Waals surface area contributed by atoms with E-state index in [1.54, 1.807) is 12.1 Å². The van der Waals surface area contributed by atoms with Crippen molar-refractivity contribution in [1.82, 2.24) is 0 Å². The summed E-state index contributed by atoms with van der Waals surface area (Å²) in [7, 11) is 0. The lowest BCUT2D eigenvalue weighted by atomic mass is 10.0. The third-order valence-electron chi connectivity index (χ3n) is 3.43. The fourth-order valence-electron chi connectivity index (χ4n) is 2.42. The van der Waals surface area contributed by atoms with E-state index < -0.39 is 0 Å². The molecule has 4 nitrogen and oxygen atoms in total. The van der Waals surface area contributed by atoms with Gasteiger partial charge in [-0.25, -0.2) is 0 Å². The number of nitro benzene ring substituents is 1. The second kappa shape index (κ2) is 5.66. The number of anilines is 1. The SMILES string of the molecule is O=[N+]([O-])c1ccc(NCCC2CCCC2)cc1. The topological polar surface area (TPSA) is 55.2 Å². The Labute approximate surface area is 101 Å². The Hall–Kier alpha value is -1.58. The highest BCUT2D eigenvalue weighted by atomic mass is 16.6. The van der Waals surface area contributed by atoms with E-state index in [0.29, 0.717) is 0 Å². The van der Waals surface area contributed by atoms with Crippen molar-refractivity contribution in [1.29, 1.82) is 0 Å². The largest absolute Gasteiger partial charge is 0.385 e. The van der Waals surface area contributed by atoms with Gasteiger partial charge in [-0.2, -0.15) is 0 Å². The van der Waals surface area contributed by atoms with Gasteiger partial charge in [-0.05, 0) is 24.5 Å². The van der Waals surface area contributed by atoms with E-state index in [9.17, 15) is 10.1 Å². The zero-order chi connectivity index (χ0) is 12.1. The van der Waals surface area contributed by atoms with Crippen molar-refractivity contribution in [3.63, 3.8) is 0 Å². The summed E-state index contributed by atoms with van der Waals surface area (Å²) < 4.78 is 0. The zero-order valence-corrected chi connectivity index (χ0v) is 9.89. The molecule has 0 bridgehead atoms. The molecule has 0 unspecified atom stereocenters. The molecule has 0 spiro atoms. The minimum Gasteiger partial charge on any atom is -0.385 e. The van der Waals surface area contributed by atoms with E-state index in [1.807, 2.05) is 0 Å². The number of nitro groups is 1. The molecule has 1 saturated carbocycles. The van der Waals surface area contributed by atoms with Gasteiger partial charge >= 0.3 is 0 Å². The van der Waals surface area contributed by atoms with Crippen LogP contribution in [-0.4, -0.2) is 11.5 Å². The summed E-state index contributed by atoms with van der Waals surface area (Å²) in [4.78, 5) is 10.1. The number of hydrogen-bond acceptors (Lipinski definition) is 3. The molecule has 4 heteroatoms. The highest BCUT2D eigenvalue weighted by Gasteiger charge is 2.14. The molecule has 0 aromatic heterocycles. The quantitative estimate of drug-likeness (QED) is 0.625. The van der Waals surface area contributed by atoms with Crippen molar-refractivity contribution in [2.75, 3.05) is 11.9 Å². The predicted octanol–water partition coefficient (Wildman–Crippen LogP) is 3.59. The summed E-state index contributed by atoms with van der Waals surface area (Å²) >= 11 is 0. The van der Waals surface area contributed by atoms with Crippen LogP contribution in [0.5, 0.6) is 0 Å². The van der Waals surface area contributed by atoms with E-state index in [-0.39, 0.29) is 10.6 Å². The molecular weight excluding hydrogens is 216 g/mol. The molecule has 0 atom stereocenters. The Bertz CT molecular complexity index is 370. The average molecular weight is 234 g/mol. The van der Waals surface area contributed by atoms with Gasteiger partial charge in [0.15, 0.2) is 0 Å². The summed E-state index contributed by atoms with van der Waals surface area (Å²) in [6.07, 6.45) is 6.69. The molecule has 0 heterocycles. The van der Waals surface area contributed by atoms with Crippen LogP contribution in [-0.2, 0) is 0 Å². The molecule has 17 heavy (non-hydrogen) atoms. The maximum Gasteiger partial charge on any atom is 0.269 e. The van der Waals surface area contributed by atoms with Crippen molar-refractivity contribution in [3.8, 4) is 0 Å². The van der Waals surface area contributed by atoms with Crippen molar-refractivity contribution in [2.45, 2.75) is 32.1 Å². The van der Waals surface area contributed by atoms with Crippen LogP contribution in [0.2, 0.25) is 0 Å². The molecule has 0 saturated heterocycles. The number of hydrogen-bond donors (Lipinski definition) is 1. The number of nitrogens with one attached hydrogen (secondary N) is 1. The van der Waals surface area contributed by atoms with Crippen LogP contribution in [0.15, 0.2) is 24.3 Å². The highest BCUT2D eigenvalue weighted by Crippen LogP contribution is 2.27. The number of non-ortho nitro benzene ring substituents is 1. The van der Waals surface area contributed by atoms with Crippen LogP contribution in [0, 0.1) is 16.0 Å². The molecule has 1 aliphatic rings. The summed E-state index contributed by atoms with van der Waals surface area (Å²) in [5, 5.41) is 13.8. The van der Waals surface area contributed by atoms with Gasteiger partial charge in [0.1, 0.15) is 0 Å². The first kappa shape index (κ1) is 11.9. The van der Waals surface area contributed by atoms with Crippen molar-refractivity contribution < 1.29 is 4.92 Å². The molecule has 0 aliphatic heterocycles. The molecule has 1 N–H and O–H groups in total. The van der Waals surface area contributed by atoms with Gasteiger partial charge in [0, 0.05) is 24.4 Å². The lowest BCUT2D eigenvalue weighted by molar-refractivity contribution is -0.384. The van der Waals surface area contributed by atoms with Gasteiger partial charge < -0.3 is 5.32 Å². The third kappa shape index (κ3) is 3.44. The maximum atomic E-state index is 10.5. The molecule has 0 radical (unpaired) electrons. The molecule has 1 aliphatic carbocycles. The van der Waals surface area contributed by atoms with Crippen LogP contribution in [0.4, 0.5) is 11.4 Å². The van der Waals surface area contributed by atoms with Crippen LogP contribution in [0.3, 0.4) is 0 Å². The van der Waals surface area contributed by atoms with E-state index in [0.717, 1.165) is 18.2 Å². The van der Waals surface area contributed by atoms with Gasteiger partial charge in [0.25, 0.3) is 5.69 Å². The number of nitrogens with zero attached hydrogens (tertiary/aromatic N) is 1. The fraction of sp³-hybridized carbons (Fsp3) is 0.538. The zero-order valence-electron chi connectivity index (χ0n) is 9.89. The normalized spacial score (nSPS) is 16.0. The van der Waals surface area contributed by atoms with Crippen LogP contribution in [0.25, 0.3) is 0 Å². The monoisotopic (exact) mass is 234 g/mol. The number of benzene rings is 1. The molecule has 2 rings (SSSR count). The van der Waals surface area contributed by atoms with Crippen molar-refractivity contribution >= 4 is 11.4 Å². The van der Waals surface area contributed by atoms with E-state index >= 15 is 0 Å². The Morgan fingerprint density at radius 2 is 1.88 bits per heavy atom. The smallest absolute Gasteiger partial charge is 0.269 e. The van der Waals surface area contributed by atoms with E-state index in [2.05, 4.69) is 5.32 Å². The fourth-order valence-corrected chi connectivity index (χ4v) is 2.42. The minimum absolute atomic E-state index is 0.145. The van der Waals surface area contributed by atoms with Gasteiger partial charge in [0.2, 0.25) is 0 Å². The number of rotatable bonds is 5. The molecule has 1 aromatic rings. The highest BCUT2D eigenvalue weighted by molar-refractivity contribution is 5.48. The first-order valence-electron chi connectivity index (χ1n) is 6.24. The second-order valence-corrected chi connectivity index (χ2v) is 4.67. The second-order valence-electron chi connectivity index (χ2n) is 4.67. The Balaban J connectivity index is 1.76. The summed E-state index contributed by atoms with van der Waals surface area (Å²) in [6, 6.07) is 6.62. The standard InChI is InChI=1S/C13H18N2O2/c16-15(17)13-7-5-12(6-8-13)14-10-9-11-3-1-2-4-11/h5-8,11,14H,1-4,9-10H2. The minimum atomic E-state index is -0.373.